The summed E-state index contributed by atoms with van der Waals surface area (Å²) in [6, 6.07) is 10.4. The molecule has 1 aliphatic heterocycles. The highest BCUT2D eigenvalue weighted by atomic mass is 35.5. The maximum atomic E-state index is 12.2. The minimum absolute atomic E-state index is 0.165. The number of hydrogen-bond acceptors (Lipinski definition) is 4. The predicted molar refractivity (Wildman–Crippen MR) is 82.9 cm³/mol. The summed E-state index contributed by atoms with van der Waals surface area (Å²) < 4.78 is 15.7. The Labute approximate surface area is 132 Å². The number of benzene rings is 2. The van der Waals surface area contributed by atoms with Gasteiger partial charge in [-0.3, -0.25) is 4.79 Å². The molecule has 6 heteroatoms. The lowest BCUT2D eigenvalue weighted by molar-refractivity contribution is -0.115. The van der Waals surface area contributed by atoms with Crippen LogP contribution in [-0.2, 0) is 11.2 Å². The van der Waals surface area contributed by atoms with E-state index in [9.17, 15) is 4.79 Å². The van der Waals surface area contributed by atoms with Gasteiger partial charge >= 0.3 is 0 Å². The number of methoxy groups -OCH3 is 1. The van der Waals surface area contributed by atoms with Crippen molar-refractivity contribution >= 4 is 23.2 Å². The van der Waals surface area contributed by atoms with E-state index in [1.54, 1.807) is 43.5 Å². The van der Waals surface area contributed by atoms with Crippen LogP contribution in [-0.4, -0.2) is 19.8 Å². The Balaban J connectivity index is 1.71. The molecule has 0 unspecified atom stereocenters. The van der Waals surface area contributed by atoms with E-state index in [1.807, 2.05) is 0 Å². The van der Waals surface area contributed by atoms with Crippen molar-refractivity contribution in [2.24, 2.45) is 0 Å². The van der Waals surface area contributed by atoms with Crippen molar-refractivity contribution in [3.8, 4) is 17.2 Å². The van der Waals surface area contributed by atoms with Crippen molar-refractivity contribution in [2.75, 3.05) is 19.2 Å². The van der Waals surface area contributed by atoms with Crippen LogP contribution in [0.15, 0.2) is 36.4 Å². The third kappa shape index (κ3) is 3.09. The average Bonchev–Trinajstić information content (AvgIpc) is 2.95. The highest BCUT2D eigenvalue weighted by molar-refractivity contribution is 6.30. The number of rotatable bonds is 4. The van der Waals surface area contributed by atoms with E-state index in [2.05, 4.69) is 5.32 Å². The van der Waals surface area contributed by atoms with Crippen LogP contribution in [0.4, 0.5) is 5.69 Å². The minimum atomic E-state index is -0.167. The van der Waals surface area contributed by atoms with Gasteiger partial charge in [0.1, 0.15) is 5.75 Å². The van der Waals surface area contributed by atoms with E-state index in [1.165, 1.54) is 0 Å². The third-order valence-electron chi connectivity index (χ3n) is 3.25. The van der Waals surface area contributed by atoms with Gasteiger partial charge < -0.3 is 19.5 Å². The molecule has 2 aromatic rings. The first-order valence-corrected chi connectivity index (χ1v) is 7.05. The summed E-state index contributed by atoms with van der Waals surface area (Å²) in [5.41, 5.74) is 1.38. The summed E-state index contributed by atoms with van der Waals surface area (Å²) >= 11 is 5.96. The first-order chi connectivity index (χ1) is 10.7. The Bertz CT molecular complexity index is 717. The van der Waals surface area contributed by atoms with Crippen LogP contribution in [0.5, 0.6) is 17.2 Å². The lowest BCUT2D eigenvalue weighted by atomic mass is 10.1. The van der Waals surface area contributed by atoms with Crippen LogP contribution >= 0.6 is 11.6 Å². The summed E-state index contributed by atoms with van der Waals surface area (Å²) in [5.74, 6) is 1.76. The summed E-state index contributed by atoms with van der Waals surface area (Å²) in [5, 5.41) is 3.38. The van der Waals surface area contributed by atoms with Crippen LogP contribution < -0.4 is 19.5 Å². The van der Waals surface area contributed by atoms with E-state index < -0.39 is 0 Å². The first-order valence-electron chi connectivity index (χ1n) is 6.67. The van der Waals surface area contributed by atoms with E-state index in [-0.39, 0.29) is 19.1 Å². The van der Waals surface area contributed by atoms with Crippen molar-refractivity contribution in [1.29, 1.82) is 0 Å². The van der Waals surface area contributed by atoms with E-state index in [4.69, 9.17) is 25.8 Å². The van der Waals surface area contributed by atoms with E-state index in [0.717, 1.165) is 5.56 Å². The Morgan fingerprint density at radius 3 is 2.86 bits per heavy atom. The number of fused-ring (bicyclic) bond motifs is 1. The number of hydrogen-bond donors (Lipinski definition) is 1. The maximum Gasteiger partial charge on any atom is 0.231 e. The molecule has 22 heavy (non-hydrogen) atoms. The molecule has 0 saturated carbocycles. The van der Waals surface area contributed by atoms with Crippen LogP contribution in [0.2, 0.25) is 5.02 Å². The van der Waals surface area contributed by atoms with Crippen LogP contribution in [0.25, 0.3) is 0 Å². The summed E-state index contributed by atoms with van der Waals surface area (Å²) in [7, 11) is 1.56. The van der Waals surface area contributed by atoms with Gasteiger partial charge in [-0.1, -0.05) is 11.6 Å². The SMILES string of the molecule is COc1ccc(Cl)cc1CC(=O)Nc1ccc2c(c1)OCO2. The first kappa shape index (κ1) is 14.5. The zero-order chi connectivity index (χ0) is 15.5. The lowest BCUT2D eigenvalue weighted by Gasteiger charge is -2.10. The molecule has 0 fully saturated rings. The highest BCUT2D eigenvalue weighted by Crippen LogP contribution is 2.34. The zero-order valence-electron chi connectivity index (χ0n) is 11.9. The van der Waals surface area contributed by atoms with Crippen molar-refractivity contribution in [1.82, 2.24) is 0 Å². The Kier molecular flexibility index (Phi) is 4.06. The molecule has 0 bridgehead atoms. The number of amides is 1. The zero-order valence-corrected chi connectivity index (χ0v) is 12.6. The van der Waals surface area contributed by atoms with Gasteiger partial charge in [-0.2, -0.15) is 0 Å². The van der Waals surface area contributed by atoms with Gasteiger partial charge in [0.25, 0.3) is 0 Å². The molecule has 1 N–H and O–H groups in total. The fraction of sp³-hybridized carbons (Fsp3) is 0.188. The number of carbonyl (C=O) groups excluding carboxylic acids is 1. The van der Waals surface area contributed by atoms with Gasteiger partial charge in [0.15, 0.2) is 11.5 Å². The van der Waals surface area contributed by atoms with Gasteiger partial charge in [-0.15, -0.1) is 0 Å². The summed E-state index contributed by atoms with van der Waals surface area (Å²) in [6.45, 7) is 0.201. The van der Waals surface area contributed by atoms with Crippen molar-refractivity contribution in [3.05, 3.63) is 47.0 Å². The van der Waals surface area contributed by atoms with Gasteiger partial charge in [0.05, 0.1) is 13.5 Å². The van der Waals surface area contributed by atoms with Crippen LogP contribution in [0, 0.1) is 0 Å². The molecule has 1 heterocycles. The second kappa shape index (κ2) is 6.15. The quantitative estimate of drug-likeness (QED) is 0.939. The Hall–Kier alpha value is -2.40. The molecular formula is C16H14ClNO4. The second-order valence-corrected chi connectivity index (χ2v) is 5.19. The predicted octanol–water partition coefficient (Wildman–Crippen LogP) is 3.26. The van der Waals surface area contributed by atoms with Crippen molar-refractivity contribution in [3.63, 3.8) is 0 Å². The van der Waals surface area contributed by atoms with Crippen LogP contribution in [0.3, 0.4) is 0 Å². The third-order valence-corrected chi connectivity index (χ3v) is 3.48. The number of ether oxygens (including phenoxy) is 3. The van der Waals surface area contributed by atoms with Gasteiger partial charge in [0.2, 0.25) is 12.7 Å². The molecule has 1 aliphatic rings. The summed E-state index contributed by atoms with van der Waals surface area (Å²) in [4.78, 5) is 12.2. The summed E-state index contributed by atoms with van der Waals surface area (Å²) in [6.07, 6.45) is 0.165. The molecule has 0 saturated heterocycles. The molecule has 3 rings (SSSR count). The van der Waals surface area contributed by atoms with E-state index in [0.29, 0.717) is 28.0 Å². The highest BCUT2D eigenvalue weighted by Gasteiger charge is 2.15. The fourth-order valence-corrected chi connectivity index (χ4v) is 2.43. The molecule has 5 nitrogen and oxygen atoms in total. The van der Waals surface area contributed by atoms with Gasteiger partial charge in [0, 0.05) is 22.3 Å². The number of nitrogens with one attached hydrogen (secondary N) is 1. The molecule has 2 aromatic carbocycles. The normalized spacial score (nSPS) is 12.1. The number of halogens is 1. The molecule has 0 radical (unpaired) electrons. The smallest absolute Gasteiger partial charge is 0.231 e. The monoisotopic (exact) mass is 319 g/mol. The Morgan fingerprint density at radius 2 is 2.05 bits per heavy atom. The van der Waals surface area contributed by atoms with Gasteiger partial charge in [-0.25, -0.2) is 0 Å². The van der Waals surface area contributed by atoms with Gasteiger partial charge in [-0.05, 0) is 30.3 Å². The topological polar surface area (TPSA) is 56.8 Å². The second-order valence-electron chi connectivity index (χ2n) is 4.75. The fourth-order valence-electron chi connectivity index (χ4n) is 2.24. The average molecular weight is 320 g/mol. The molecule has 0 atom stereocenters. The number of anilines is 1. The molecule has 1 amide bonds. The lowest BCUT2D eigenvalue weighted by Crippen LogP contribution is -2.14. The van der Waals surface area contributed by atoms with Crippen molar-refractivity contribution < 1.29 is 19.0 Å². The molecular weight excluding hydrogens is 306 g/mol. The molecule has 0 spiro atoms. The minimum Gasteiger partial charge on any atom is -0.496 e. The number of carbonyl (C=O) groups is 1. The largest absolute Gasteiger partial charge is 0.496 e. The molecule has 0 aromatic heterocycles. The van der Waals surface area contributed by atoms with Crippen molar-refractivity contribution in [2.45, 2.75) is 6.42 Å². The Morgan fingerprint density at radius 1 is 1.23 bits per heavy atom. The standard InChI is InChI=1S/C16H14ClNO4/c1-20-13-4-2-11(17)6-10(13)7-16(19)18-12-3-5-14-15(8-12)22-9-21-14/h2-6,8H,7,9H2,1H3,(H,18,19). The van der Waals surface area contributed by atoms with E-state index >= 15 is 0 Å². The van der Waals surface area contributed by atoms with Crippen LogP contribution in [0.1, 0.15) is 5.56 Å². The molecule has 0 aliphatic carbocycles. The molecule has 114 valence electrons. The maximum absolute atomic E-state index is 12.2.